The summed E-state index contributed by atoms with van der Waals surface area (Å²) >= 11 is 1.55. The first kappa shape index (κ1) is 8.39. The number of rotatable bonds is 2. The van der Waals surface area contributed by atoms with Crippen LogP contribution in [0.3, 0.4) is 0 Å². The van der Waals surface area contributed by atoms with Gasteiger partial charge >= 0.3 is 0 Å². The van der Waals surface area contributed by atoms with Crippen molar-refractivity contribution in [3.63, 3.8) is 0 Å². The van der Waals surface area contributed by atoms with Crippen molar-refractivity contribution in [3.8, 4) is 0 Å². The lowest BCUT2D eigenvalue weighted by Crippen LogP contribution is -2.17. The highest BCUT2D eigenvalue weighted by Gasteiger charge is 2.18. The average Bonchev–Trinajstić information content (AvgIpc) is 2.34. The molecule has 1 fully saturated rings. The Morgan fingerprint density at radius 1 is 1.91 bits per heavy atom. The van der Waals surface area contributed by atoms with E-state index in [0.29, 0.717) is 0 Å². The monoisotopic (exact) mass is 174 g/mol. The quantitative estimate of drug-likeness (QED) is 0.465. The van der Waals surface area contributed by atoms with Crippen LogP contribution in [0.5, 0.6) is 0 Å². The topological polar surface area (TPSA) is 46.4 Å². The summed E-state index contributed by atoms with van der Waals surface area (Å²) < 4.78 is 0. The van der Waals surface area contributed by atoms with E-state index in [-0.39, 0.29) is 0 Å². The van der Waals surface area contributed by atoms with E-state index in [1.54, 1.807) is 11.8 Å². The molecule has 1 heterocycles. The Hall–Kier alpha value is -0.710. The van der Waals surface area contributed by atoms with E-state index >= 15 is 0 Å². The molecule has 0 aliphatic carbocycles. The molecule has 0 aromatic carbocycles. The van der Waals surface area contributed by atoms with Gasteiger partial charge < -0.3 is 4.90 Å². The first-order valence-corrected chi connectivity index (χ1v) is 4.45. The largest absolute Gasteiger partial charge is 0.361 e. The van der Waals surface area contributed by atoms with Gasteiger partial charge in [0.1, 0.15) is 5.03 Å². The van der Waals surface area contributed by atoms with E-state index < -0.39 is 4.92 Å². The lowest BCUT2D eigenvalue weighted by molar-refractivity contribution is -0.403. The van der Waals surface area contributed by atoms with Gasteiger partial charge in [0, 0.05) is 18.8 Å². The normalized spacial score (nSPS) is 21.2. The van der Waals surface area contributed by atoms with Crippen molar-refractivity contribution in [2.45, 2.75) is 6.92 Å². The second-order valence-electron chi connectivity index (χ2n) is 2.18. The van der Waals surface area contributed by atoms with Crippen LogP contribution in [0, 0.1) is 10.1 Å². The molecule has 0 aromatic heterocycles. The van der Waals surface area contributed by atoms with Crippen LogP contribution in [0.25, 0.3) is 0 Å². The Bertz CT molecular complexity index is 193. The molecule has 0 bridgehead atoms. The van der Waals surface area contributed by atoms with Crippen molar-refractivity contribution in [2.75, 3.05) is 18.8 Å². The van der Waals surface area contributed by atoms with E-state index in [1.165, 1.54) is 0 Å². The van der Waals surface area contributed by atoms with Gasteiger partial charge in [-0.15, -0.1) is 11.8 Å². The van der Waals surface area contributed by atoms with Crippen molar-refractivity contribution >= 4 is 11.8 Å². The summed E-state index contributed by atoms with van der Waals surface area (Å²) in [6.07, 6.45) is 1.08. The second-order valence-corrected chi connectivity index (χ2v) is 3.30. The predicted molar refractivity (Wildman–Crippen MR) is 44.8 cm³/mol. The van der Waals surface area contributed by atoms with Crippen molar-refractivity contribution in [1.29, 1.82) is 0 Å². The molecular weight excluding hydrogens is 164 g/mol. The first-order valence-electron chi connectivity index (χ1n) is 3.47. The van der Waals surface area contributed by atoms with Crippen LogP contribution in [0.1, 0.15) is 6.92 Å². The van der Waals surface area contributed by atoms with Gasteiger partial charge in [0.05, 0.1) is 4.92 Å². The minimum absolute atomic E-state index is 0.393. The third kappa shape index (κ3) is 2.11. The maximum atomic E-state index is 10.1. The van der Waals surface area contributed by atoms with E-state index in [1.807, 2.05) is 11.8 Å². The molecule has 1 rings (SSSR count). The summed E-state index contributed by atoms with van der Waals surface area (Å²) in [5.41, 5.74) is 0. The van der Waals surface area contributed by atoms with Gasteiger partial charge in [-0.2, -0.15) is 0 Å². The van der Waals surface area contributed by atoms with Crippen LogP contribution in [0.15, 0.2) is 11.2 Å². The molecule has 0 spiro atoms. The van der Waals surface area contributed by atoms with Gasteiger partial charge in [-0.25, -0.2) is 0 Å². The molecule has 0 unspecified atom stereocenters. The SMILES string of the molecule is CCN1CCSC1=C[N+](=O)[O-]. The van der Waals surface area contributed by atoms with Gasteiger partial charge in [-0.05, 0) is 6.92 Å². The molecule has 0 atom stereocenters. The Balaban J connectivity index is 2.63. The minimum Gasteiger partial charge on any atom is -0.361 e. The fourth-order valence-corrected chi connectivity index (χ4v) is 2.07. The van der Waals surface area contributed by atoms with Crippen LogP contribution in [0.4, 0.5) is 0 Å². The number of hydrogen-bond donors (Lipinski definition) is 0. The molecule has 0 aromatic rings. The summed E-state index contributed by atoms with van der Waals surface area (Å²) in [4.78, 5) is 11.7. The van der Waals surface area contributed by atoms with Gasteiger partial charge in [0.15, 0.2) is 0 Å². The molecule has 0 N–H and O–H groups in total. The maximum Gasteiger partial charge on any atom is 0.264 e. The molecule has 0 saturated carbocycles. The van der Waals surface area contributed by atoms with Gasteiger partial charge in [-0.1, -0.05) is 0 Å². The molecule has 4 nitrogen and oxygen atoms in total. The predicted octanol–water partition coefficient (Wildman–Crippen LogP) is 1.13. The Labute approximate surface area is 69.4 Å². The molecule has 5 heteroatoms. The Morgan fingerprint density at radius 3 is 3.18 bits per heavy atom. The molecular formula is C6H10N2O2S. The van der Waals surface area contributed by atoms with Crippen molar-refractivity contribution in [2.24, 2.45) is 0 Å². The molecule has 0 radical (unpaired) electrons. The molecule has 1 aliphatic rings. The number of hydrogen-bond acceptors (Lipinski definition) is 4. The number of nitrogens with zero attached hydrogens (tertiary/aromatic N) is 2. The molecule has 0 amide bonds. The standard InChI is InChI=1S/C6H10N2O2S/c1-2-7-3-4-11-6(7)5-8(9)10/h5H,2-4H2,1H3. The van der Waals surface area contributed by atoms with Gasteiger partial charge in [0.25, 0.3) is 6.20 Å². The van der Waals surface area contributed by atoms with Crippen LogP contribution in [0.2, 0.25) is 0 Å². The fraction of sp³-hybridized carbons (Fsp3) is 0.667. The lowest BCUT2D eigenvalue weighted by atomic mass is 10.5. The lowest BCUT2D eigenvalue weighted by Gasteiger charge is -2.12. The van der Waals surface area contributed by atoms with Crippen LogP contribution < -0.4 is 0 Å². The van der Waals surface area contributed by atoms with Crippen LogP contribution >= 0.6 is 11.8 Å². The van der Waals surface area contributed by atoms with E-state index in [9.17, 15) is 10.1 Å². The molecule has 11 heavy (non-hydrogen) atoms. The number of thioether (sulfide) groups is 1. The van der Waals surface area contributed by atoms with Gasteiger partial charge in [0.2, 0.25) is 0 Å². The number of nitro groups is 1. The highest BCUT2D eigenvalue weighted by molar-refractivity contribution is 8.03. The van der Waals surface area contributed by atoms with E-state index in [4.69, 9.17) is 0 Å². The maximum absolute atomic E-state index is 10.1. The third-order valence-electron chi connectivity index (χ3n) is 1.52. The summed E-state index contributed by atoms with van der Waals surface area (Å²) in [6.45, 7) is 3.78. The zero-order valence-electron chi connectivity index (χ0n) is 6.32. The molecule has 1 aliphatic heterocycles. The zero-order valence-corrected chi connectivity index (χ0v) is 7.13. The van der Waals surface area contributed by atoms with Gasteiger partial charge in [-0.3, -0.25) is 10.1 Å². The van der Waals surface area contributed by atoms with Crippen LogP contribution in [-0.2, 0) is 0 Å². The molecule has 1 saturated heterocycles. The van der Waals surface area contributed by atoms with Crippen molar-refractivity contribution in [1.82, 2.24) is 4.90 Å². The van der Waals surface area contributed by atoms with E-state index in [0.717, 1.165) is 30.1 Å². The second kappa shape index (κ2) is 3.61. The Kier molecular flexibility index (Phi) is 2.76. The Morgan fingerprint density at radius 2 is 2.64 bits per heavy atom. The minimum atomic E-state index is -0.393. The average molecular weight is 174 g/mol. The zero-order chi connectivity index (χ0) is 8.27. The highest BCUT2D eigenvalue weighted by Crippen LogP contribution is 2.26. The summed E-state index contributed by atoms with van der Waals surface area (Å²) in [7, 11) is 0. The van der Waals surface area contributed by atoms with Crippen molar-refractivity contribution < 1.29 is 4.92 Å². The first-order chi connectivity index (χ1) is 5.24. The van der Waals surface area contributed by atoms with E-state index in [2.05, 4.69) is 0 Å². The summed E-state index contributed by atoms with van der Waals surface area (Å²) in [5.74, 6) is 0.966. The smallest absolute Gasteiger partial charge is 0.264 e. The van der Waals surface area contributed by atoms with Crippen molar-refractivity contribution in [3.05, 3.63) is 21.3 Å². The fourth-order valence-electron chi connectivity index (χ4n) is 0.985. The summed E-state index contributed by atoms with van der Waals surface area (Å²) in [6, 6.07) is 0. The highest BCUT2D eigenvalue weighted by atomic mass is 32.2. The van der Waals surface area contributed by atoms with Crippen LogP contribution in [-0.4, -0.2) is 28.7 Å². The third-order valence-corrected chi connectivity index (χ3v) is 2.57. The molecule has 62 valence electrons. The summed E-state index contributed by atoms with van der Waals surface area (Å²) in [5, 5.41) is 10.9.